The fraction of sp³-hybridized carbons (Fsp3) is 0.857. The molecule has 0 unspecified atom stereocenters. The van der Waals surface area contributed by atoms with Gasteiger partial charge in [-0.3, -0.25) is 0 Å². The Labute approximate surface area is 90.3 Å². The summed E-state index contributed by atoms with van der Waals surface area (Å²) in [6.07, 6.45) is -6.69. The highest BCUT2D eigenvalue weighted by Gasteiger charge is 2.41. The van der Waals surface area contributed by atoms with Crippen LogP contribution in [-0.4, -0.2) is 74.0 Å². The zero-order valence-electron chi connectivity index (χ0n) is 8.17. The smallest absolute Gasteiger partial charge is 0.450 e. The van der Waals surface area contributed by atoms with E-state index in [1.54, 1.807) is 0 Å². The number of carbonyl (C=O) groups is 1. The molecule has 1 aliphatic rings. The van der Waals surface area contributed by atoms with Crippen LogP contribution in [0.2, 0.25) is 0 Å². The highest BCUT2D eigenvalue weighted by atomic mass is 16.6. The van der Waals surface area contributed by atoms with E-state index in [1.165, 1.54) is 0 Å². The first kappa shape index (κ1) is 15.0. The van der Waals surface area contributed by atoms with Gasteiger partial charge in [0.05, 0.1) is 12.6 Å². The van der Waals surface area contributed by atoms with E-state index in [-0.39, 0.29) is 0 Å². The first-order valence-corrected chi connectivity index (χ1v) is 4.29. The van der Waals surface area contributed by atoms with Gasteiger partial charge in [-0.2, -0.15) is 0 Å². The van der Waals surface area contributed by atoms with Crippen molar-refractivity contribution in [1.82, 2.24) is 0 Å². The quantitative estimate of drug-likeness (QED) is 0.252. The number of aliphatic hydroxyl groups excluding tert-OH is 4. The molecule has 9 nitrogen and oxygen atoms in total. The normalized spacial score (nSPS) is 38.4. The second-order valence-electron chi connectivity index (χ2n) is 3.09. The molecule has 0 bridgehead atoms. The van der Waals surface area contributed by atoms with E-state index in [1.807, 2.05) is 0 Å². The van der Waals surface area contributed by atoms with Gasteiger partial charge in [-0.25, -0.2) is 4.79 Å². The Morgan fingerprint density at radius 2 is 1.62 bits per heavy atom. The molecule has 0 aromatic rings. The van der Waals surface area contributed by atoms with Gasteiger partial charge in [0.2, 0.25) is 0 Å². The van der Waals surface area contributed by atoms with Gasteiger partial charge in [-0.05, 0) is 0 Å². The molecule has 0 saturated carbocycles. The van der Waals surface area contributed by atoms with Crippen molar-refractivity contribution in [3.05, 3.63) is 0 Å². The lowest BCUT2D eigenvalue weighted by Gasteiger charge is -2.38. The Morgan fingerprint density at radius 1 is 1.19 bits per heavy atom. The molecule has 0 aromatic carbocycles. The Kier molecular flexibility index (Phi) is 6.18. The van der Waals surface area contributed by atoms with Crippen LogP contribution in [0, 0.1) is 0 Å². The number of hydrogen-bond acceptors (Lipinski definition) is 7. The van der Waals surface area contributed by atoms with E-state index < -0.39 is 43.4 Å². The molecule has 0 aromatic heterocycles. The van der Waals surface area contributed by atoms with Gasteiger partial charge in [-0.1, -0.05) is 0 Å². The molecule has 1 fully saturated rings. The van der Waals surface area contributed by atoms with Gasteiger partial charge < -0.3 is 41.1 Å². The SMILES string of the molecule is N[C@@H]1[C@@H](O)[C@H](O)[C@@H](CO)O[C@H]1O.O=C(O)O. The Balaban J connectivity index is 0.000000487. The van der Waals surface area contributed by atoms with Crippen molar-refractivity contribution in [1.29, 1.82) is 0 Å². The van der Waals surface area contributed by atoms with Crippen LogP contribution in [0.5, 0.6) is 0 Å². The lowest BCUT2D eigenvalue weighted by molar-refractivity contribution is -0.248. The van der Waals surface area contributed by atoms with Crippen molar-refractivity contribution in [3.8, 4) is 0 Å². The van der Waals surface area contributed by atoms with Crippen molar-refractivity contribution < 1.29 is 40.2 Å². The van der Waals surface area contributed by atoms with E-state index in [0.717, 1.165) is 0 Å². The molecule has 1 aliphatic heterocycles. The second kappa shape index (κ2) is 6.58. The number of hydrogen-bond donors (Lipinski definition) is 7. The summed E-state index contributed by atoms with van der Waals surface area (Å²) in [5, 5.41) is 50.0. The number of nitrogens with two attached hydrogens (primary N) is 1. The molecule has 1 saturated heterocycles. The summed E-state index contributed by atoms with van der Waals surface area (Å²) in [6, 6.07) is -1.04. The molecule has 9 heteroatoms. The van der Waals surface area contributed by atoms with Crippen LogP contribution in [-0.2, 0) is 4.74 Å². The number of ether oxygens (including phenoxy) is 1. The van der Waals surface area contributed by atoms with Gasteiger partial charge in [0.1, 0.15) is 18.3 Å². The van der Waals surface area contributed by atoms with Crippen LogP contribution in [0.4, 0.5) is 4.79 Å². The molecule has 1 rings (SSSR count). The van der Waals surface area contributed by atoms with E-state index >= 15 is 0 Å². The molecular formula is C7H15NO8. The van der Waals surface area contributed by atoms with Crippen LogP contribution in [0.15, 0.2) is 0 Å². The number of aliphatic hydroxyl groups is 4. The minimum Gasteiger partial charge on any atom is -0.450 e. The lowest BCUT2D eigenvalue weighted by atomic mass is 9.98. The topological polar surface area (TPSA) is 174 Å². The third kappa shape index (κ3) is 4.26. The Hall–Kier alpha value is -0.970. The van der Waals surface area contributed by atoms with E-state index in [0.29, 0.717) is 0 Å². The van der Waals surface area contributed by atoms with Crippen LogP contribution < -0.4 is 5.73 Å². The van der Waals surface area contributed by atoms with Crippen molar-refractivity contribution in [2.75, 3.05) is 6.61 Å². The number of carboxylic acid groups (broad SMARTS) is 2. The fourth-order valence-electron chi connectivity index (χ4n) is 1.12. The van der Waals surface area contributed by atoms with Crippen LogP contribution in [0.25, 0.3) is 0 Å². The van der Waals surface area contributed by atoms with Gasteiger partial charge >= 0.3 is 6.16 Å². The summed E-state index contributed by atoms with van der Waals surface area (Å²) >= 11 is 0. The molecule has 0 amide bonds. The maximum Gasteiger partial charge on any atom is 0.503 e. The highest BCUT2D eigenvalue weighted by Crippen LogP contribution is 2.17. The average Bonchev–Trinajstić information content (AvgIpc) is 2.19. The molecule has 16 heavy (non-hydrogen) atoms. The zero-order chi connectivity index (χ0) is 12.9. The van der Waals surface area contributed by atoms with Crippen molar-refractivity contribution in [2.45, 2.75) is 30.6 Å². The standard InChI is InChI=1S/C6H13NO5.CH2O3/c7-3-5(10)4(9)2(1-8)12-6(3)11;2-1(3)4/h2-6,8-11H,1,7H2;(H2,2,3,4)/t2-,3-,4-,5-,6-;/m1./s1. The molecule has 0 radical (unpaired) electrons. The molecule has 0 aliphatic carbocycles. The maximum absolute atomic E-state index is 9.20. The highest BCUT2D eigenvalue weighted by molar-refractivity contribution is 5.53. The molecule has 5 atom stereocenters. The third-order valence-electron chi connectivity index (χ3n) is 1.95. The Bertz CT molecular complexity index is 216. The molecule has 0 spiro atoms. The van der Waals surface area contributed by atoms with Crippen molar-refractivity contribution >= 4 is 6.16 Å². The average molecular weight is 241 g/mol. The second-order valence-corrected chi connectivity index (χ2v) is 3.09. The molecule has 8 N–H and O–H groups in total. The molecule has 1 heterocycles. The minimum atomic E-state index is -1.83. The van der Waals surface area contributed by atoms with Crippen LogP contribution in [0.3, 0.4) is 0 Å². The summed E-state index contributed by atoms with van der Waals surface area (Å²) < 4.78 is 4.70. The van der Waals surface area contributed by atoms with Gasteiger partial charge in [0, 0.05) is 0 Å². The summed E-state index contributed by atoms with van der Waals surface area (Å²) in [6.45, 7) is -0.470. The van der Waals surface area contributed by atoms with Gasteiger partial charge in [0.25, 0.3) is 0 Å². The summed E-state index contributed by atoms with van der Waals surface area (Å²) in [5.41, 5.74) is 5.26. The largest absolute Gasteiger partial charge is 0.503 e. The predicted octanol–water partition coefficient (Wildman–Crippen LogP) is -3.03. The predicted molar refractivity (Wildman–Crippen MR) is 48.6 cm³/mol. The maximum atomic E-state index is 9.20. The summed E-state index contributed by atoms with van der Waals surface area (Å²) in [4.78, 5) is 8.56. The van der Waals surface area contributed by atoms with E-state index in [4.69, 9.17) is 35.7 Å². The van der Waals surface area contributed by atoms with E-state index in [9.17, 15) is 10.2 Å². The zero-order valence-corrected chi connectivity index (χ0v) is 8.17. The van der Waals surface area contributed by atoms with Gasteiger partial charge in [0.15, 0.2) is 6.29 Å². The van der Waals surface area contributed by atoms with E-state index in [2.05, 4.69) is 0 Å². The Morgan fingerprint density at radius 3 is 2.00 bits per heavy atom. The minimum absolute atomic E-state index is 0.470. The summed E-state index contributed by atoms with van der Waals surface area (Å²) in [5.74, 6) is 0. The lowest BCUT2D eigenvalue weighted by Crippen LogP contribution is -2.61. The molecular weight excluding hydrogens is 226 g/mol. The van der Waals surface area contributed by atoms with Gasteiger partial charge in [-0.15, -0.1) is 0 Å². The van der Waals surface area contributed by atoms with Crippen LogP contribution >= 0.6 is 0 Å². The molecule has 96 valence electrons. The summed E-state index contributed by atoms with van der Waals surface area (Å²) in [7, 11) is 0. The van der Waals surface area contributed by atoms with Crippen molar-refractivity contribution in [3.63, 3.8) is 0 Å². The number of rotatable bonds is 1. The van der Waals surface area contributed by atoms with Crippen molar-refractivity contribution in [2.24, 2.45) is 5.73 Å². The monoisotopic (exact) mass is 241 g/mol. The fourth-order valence-corrected chi connectivity index (χ4v) is 1.12. The van der Waals surface area contributed by atoms with Crippen LogP contribution in [0.1, 0.15) is 0 Å². The first-order chi connectivity index (χ1) is 7.31. The first-order valence-electron chi connectivity index (χ1n) is 4.29. The third-order valence-corrected chi connectivity index (χ3v) is 1.95.